The van der Waals surface area contributed by atoms with Crippen molar-refractivity contribution in [3.8, 4) is 5.75 Å². The van der Waals surface area contributed by atoms with E-state index in [0.717, 1.165) is 11.5 Å². The zero-order chi connectivity index (χ0) is 21.0. The van der Waals surface area contributed by atoms with Gasteiger partial charge in [-0.05, 0) is 38.5 Å². The third-order valence-corrected chi connectivity index (χ3v) is 4.58. The fourth-order valence-corrected chi connectivity index (χ4v) is 3.31. The number of halogens is 3. The molecule has 3 rings (SSSR count). The fourth-order valence-electron chi connectivity index (χ4n) is 3.31. The van der Waals surface area contributed by atoms with Crippen LogP contribution >= 0.6 is 24.0 Å². The molecule has 1 aromatic carbocycles. The monoisotopic (exact) mass is 538 g/mol. The molecule has 0 radical (unpaired) electrons. The third kappa shape index (κ3) is 6.85. The molecule has 1 amide bonds. The molecule has 2 heterocycles. The van der Waals surface area contributed by atoms with Crippen molar-refractivity contribution in [1.82, 2.24) is 15.1 Å². The first-order chi connectivity index (χ1) is 13.7. The van der Waals surface area contributed by atoms with Crippen LogP contribution in [0.15, 0.2) is 29.3 Å². The van der Waals surface area contributed by atoms with Gasteiger partial charge in [0.1, 0.15) is 18.0 Å². The Labute approximate surface area is 192 Å². The summed E-state index contributed by atoms with van der Waals surface area (Å²) >= 11 is 0. The van der Waals surface area contributed by atoms with Gasteiger partial charge < -0.3 is 24.6 Å². The molecule has 7 nitrogen and oxygen atoms in total. The van der Waals surface area contributed by atoms with E-state index in [1.807, 2.05) is 26.8 Å². The lowest BCUT2D eigenvalue weighted by atomic mass is 10.2. The summed E-state index contributed by atoms with van der Waals surface area (Å²) in [6.45, 7) is 7.88. The zero-order valence-corrected chi connectivity index (χ0v) is 19.8. The Morgan fingerprint density at radius 3 is 2.80 bits per heavy atom. The van der Waals surface area contributed by atoms with Crippen LogP contribution in [0, 0.1) is 0 Å². The summed E-state index contributed by atoms with van der Waals surface area (Å²) in [5.74, 6) is 1.21. The first kappa shape index (κ1) is 24.4. The predicted molar refractivity (Wildman–Crippen MR) is 121 cm³/mol. The van der Waals surface area contributed by atoms with Gasteiger partial charge in [-0.25, -0.2) is 13.6 Å². The molecule has 1 atom stereocenters. The minimum atomic E-state index is -2.50. The number of guanidine groups is 1. The van der Waals surface area contributed by atoms with Crippen LogP contribution in [0.1, 0.15) is 26.3 Å². The molecule has 2 aliphatic rings. The second-order valence-electron chi connectivity index (χ2n) is 8.14. The van der Waals surface area contributed by atoms with E-state index in [0.29, 0.717) is 38.5 Å². The molecule has 168 valence electrons. The fraction of sp³-hybridized carbons (Fsp3) is 0.600. The van der Waals surface area contributed by atoms with Gasteiger partial charge in [0.05, 0.1) is 12.6 Å². The lowest BCUT2D eigenvalue weighted by Gasteiger charge is -2.39. The Morgan fingerprint density at radius 2 is 2.10 bits per heavy atom. The number of rotatable bonds is 5. The van der Waals surface area contributed by atoms with Crippen LogP contribution in [-0.2, 0) is 11.3 Å². The van der Waals surface area contributed by atoms with Crippen molar-refractivity contribution in [3.63, 3.8) is 0 Å². The van der Waals surface area contributed by atoms with Gasteiger partial charge >= 0.3 is 6.09 Å². The number of nitrogens with zero attached hydrogens (tertiary/aromatic N) is 3. The van der Waals surface area contributed by atoms with E-state index in [-0.39, 0.29) is 36.1 Å². The number of fused-ring (bicyclic) bond motifs is 1. The second-order valence-corrected chi connectivity index (χ2v) is 8.14. The summed E-state index contributed by atoms with van der Waals surface area (Å²) < 4.78 is 35.1. The highest BCUT2D eigenvalue weighted by Gasteiger charge is 2.36. The highest BCUT2D eigenvalue weighted by Crippen LogP contribution is 2.19. The van der Waals surface area contributed by atoms with Gasteiger partial charge in [0.2, 0.25) is 0 Å². The molecule has 1 saturated heterocycles. The lowest BCUT2D eigenvalue weighted by molar-refractivity contribution is 0.0137. The van der Waals surface area contributed by atoms with Crippen LogP contribution in [0.3, 0.4) is 0 Å². The number of alkyl halides is 2. The number of amides is 1. The molecule has 30 heavy (non-hydrogen) atoms. The van der Waals surface area contributed by atoms with Gasteiger partial charge in [0.25, 0.3) is 6.43 Å². The lowest BCUT2D eigenvalue weighted by Crippen LogP contribution is -2.57. The standard InChI is InChI=1S/C20H28F2N4O3.HI/c1-20(2,3)29-19(27)25-7-8-26-15(12-25)11-24-18(26)23-10-14-5-4-6-16(9-14)28-13-17(21)22;/h4-6,9,15,17H,7-8,10-13H2,1-3H3,(H,23,24);1H. The number of hydrogen-bond acceptors (Lipinski definition) is 6. The second kappa shape index (κ2) is 10.5. The van der Waals surface area contributed by atoms with E-state index in [9.17, 15) is 13.6 Å². The summed E-state index contributed by atoms with van der Waals surface area (Å²) in [5.41, 5.74) is 0.399. The predicted octanol–water partition coefficient (Wildman–Crippen LogP) is 3.33. The minimum Gasteiger partial charge on any atom is -0.488 e. The van der Waals surface area contributed by atoms with Crippen LogP contribution in [-0.4, -0.2) is 72.7 Å². The number of nitrogens with one attached hydrogen (secondary N) is 1. The smallest absolute Gasteiger partial charge is 0.410 e. The van der Waals surface area contributed by atoms with E-state index in [1.165, 1.54) is 0 Å². The summed E-state index contributed by atoms with van der Waals surface area (Å²) in [6, 6.07) is 7.19. The van der Waals surface area contributed by atoms with Crippen molar-refractivity contribution >= 4 is 36.0 Å². The highest BCUT2D eigenvalue weighted by molar-refractivity contribution is 14.0. The molecule has 10 heteroatoms. The average molecular weight is 538 g/mol. The molecule has 2 aliphatic heterocycles. The summed E-state index contributed by atoms with van der Waals surface area (Å²) in [5, 5.41) is 3.31. The number of aliphatic imine (C=N–C) groups is 1. The normalized spacial score (nSPS) is 18.5. The summed E-state index contributed by atoms with van der Waals surface area (Å²) in [7, 11) is 0. The molecule has 0 spiro atoms. The number of carbonyl (C=O) groups is 1. The minimum absolute atomic E-state index is 0. The molecule has 0 bridgehead atoms. The van der Waals surface area contributed by atoms with E-state index in [1.54, 1.807) is 23.1 Å². The van der Waals surface area contributed by atoms with Gasteiger partial charge in [-0.1, -0.05) is 12.1 Å². The summed E-state index contributed by atoms with van der Waals surface area (Å²) in [6.07, 6.45) is -2.79. The SMILES string of the molecule is CC(C)(C)OC(=O)N1CCN2C(NCc3cccc(OCC(F)F)c3)=NCC2C1.I. The van der Waals surface area contributed by atoms with Crippen LogP contribution < -0.4 is 10.1 Å². The molecule has 0 aliphatic carbocycles. The number of hydrogen-bond donors (Lipinski definition) is 1. The maximum absolute atomic E-state index is 12.3. The molecular formula is C20H29F2IN4O3. The molecule has 1 N–H and O–H groups in total. The number of benzene rings is 1. The average Bonchev–Trinajstić information content (AvgIpc) is 3.06. The van der Waals surface area contributed by atoms with Crippen molar-refractivity contribution < 1.29 is 23.0 Å². The summed E-state index contributed by atoms with van der Waals surface area (Å²) in [4.78, 5) is 20.8. The van der Waals surface area contributed by atoms with Crippen LogP contribution in [0.4, 0.5) is 13.6 Å². The number of piperazine rings is 1. The topological polar surface area (TPSA) is 66.4 Å². The van der Waals surface area contributed by atoms with Crippen LogP contribution in [0.2, 0.25) is 0 Å². The molecule has 1 fully saturated rings. The Kier molecular flexibility index (Phi) is 8.51. The Balaban J connectivity index is 0.00000320. The molecule has 0 aromatic heterocycles. The van der Waals surface area contributed by atoms with Crippen molar-refractivity contribution in [2.24, 2.45) is 4.99 Å². The van der Waals surface area contributed by atoms with E-state index < -0.39 is 18.6 Å². The van der Waals surface area contributed by atoms with Crippen LogP contribution in [0.25, 0.3) is 0 Å². The number of carbonyl (C=O) groups excluding carboxylic acids is 1. The van der Waals surface area contributed by atoms with Crippen molar-refractivity contribution in [1.29, 1.82) is 0 Å². The first-order valence-electron chi connectivity index (χ1n) is 9.74. The molecule has 1 unspecified atom stereocenters. The van der Waals surface area contributed by atoms with Crippen LogP contribution in [0.5, 0.6) is 5.75 Å². The van der Waals surface area contributed by atoms with Gasteiger partial charge in [0, 0.05) is 26.2 Å². The van der Waals surface area contributed by atoms with Gasteiger partial charge in [0.15, 0.2) is 5.96 Å². The van der Waals surface area contributed by atoms with Crippen molar-refractivity contribution in [2.45, 2.75) is 45.4 Å². The first-order valence-corrected chi connectivity index (χ1v) is 9.74. The van der Waals surface area contributed by atoms with Crippen molar-refractivity contribution in [2.75, 3.05) is 32.8 Å². The zero-order valence-electron chi connectivity index (χ0n) is 17.4. The maximum Gasteiger partial charge on any atom is 0.410 e. The van der Waals surface area contributed by atoms with E-state index in [2.05, 4.69) is 15.2 Å². The van der Waals surface area contributed by atoms with Gasteiger partial charge in [-0.3, -0.25) is 4.99 Å². The molecular weight excluding hydrogens is 509 g/mol. The molecule has 0 saturated carbocycles. The number of ether oxygens (including phenoxy) is 2. The van der Waals surface area contributed by atoms with E-state index >= 15 is 0 Å². The Bertz CT molecular complexity index is 758. The quantitative estimate of drug-likeness (QED) is 0.583. The maximum atomic E-state index is 12.3. The highest BCUT2D eigenvalue weighted by atomic mass is 127. The van der Waals surface area contributed by atoms with Gasteiger partial charge in [-0.2, -0.15) is 0 Å². The Hall–Kier alpha value is -1.85. The van der Waals surface area contributed by atoms with Gasteiger partial charge in [-0.15, -0.1) is 24.0 Å². The third-order valence-electron chi connectivity index (χ3n) is 4.58. The largest absolute Gasteiger partial charge is 0.488 e. The van der Waals surface area contributed by atoms with E-state index in [4.69, 9.17) is 9.47 Å². The molecule has 1 aromatic rings. The van der Waals surface area contributed by atoms with Crippen molar-refractivity contribution in [3.05, 3.63) is 29.8 Å². The Morgan fingerprint density at radius 1 is 1.33 bits per heavy atom.